The Morgan fingerprint density at radius 3 is 3.05 bits per heavy atom. The van der Waals surface area contributed by atoms with Gasteiger partial charge in [-0.2, -0.15) is 0 Å². The van der Waals surface area contributed by atoms with Gasteiger partial charge in [-0.1, -0.05) is 18.2 Å². The molecule has 96 valence electrons. The van der Waals surface area contributed by atoms with Crippen molar-refractivity contribution in [3.8, 4) is 0 Å². The van der Waals surface area contributed by atoms with Crippen LogP contribution in [0.3, 0.4) is 0 Å². The number of fused-ring (bicyclic) bond motifs is 1. The molecule has 0 fully saturated rings. The van der Waals surface area contributed by atoms with E-state index in [1.165, 1.54) is 22.0 Å². The van der Waals surface area contributed by atoms with E-state index >= 15 is 0 Å². The minimum Gasteiger partial charge on any atom is -0.361 e. The van der Waals surface area contributed by atoms with Crippen LogP contribution in [-0.4, -0.2) is 9.97 Å². The third-order valence-corrected chi connectivity index (χ3v) is 3.42. The molecule has 3 nitrogen and oxygen atoms in total. The van der Waals surface area contributed by atoms with Crippen LogP contribution in [0.2, 0.25) is 0 Å². The Morgan fingerprint density at radius 2 is 2.21 bits per heavy atom. The van der Waals surface area contributed by atoms with Crippen LogP contribution in [0.15, 0.2) is 55.0 Å². The van der Waals surface area contributed by atoms with Crippen molar-refractivity contribution in [1.82, 2.24) is 15.3 Å². The van der Waals surface area contributed by atoms with Gasteiger partial charge in [-0.3, -0.25) is 4.98 Å². The summed E-state index contributed by atoms with van der Waals surface area (Å²) < 4.78 is 0. The maximum atomic E-state index is 4.15. The van der Waals surface area contributed by atoms with Crippen LogP contribution in [0.4, 0.5) is 0 Å². The summed E-state index contributed by atoms with van der Waals surface area (Å²) in [5, 5.41) is 4.77. The van der Waals surface area contributed by atoms with Gasteiger partial charge in [0, 0.05) is 36.7 Å². The summed E-state index contributed by atoms with van der Waals surface area (Å²) in [4.78, 5) is 7.39. The number of hydrogen-bond acceptors (Lipinski definition) is 2. The van der Waals surface area contributed by atoms with E-state index in [1.807, 2.05) is 18.5 Å². The quantitative estimate of drug-likeness (QED) is 0.746. The van der Waals surface area contributed by atoms with Crippen molar-refractivity contribution < 1.29 is 0 Å². The monoisotopic (exact) mass is 251 g/mol. The maximum Gasteiger partial charge on any atom is 0.0457 e. The Bertz CT molecular complexity index is 658. The van der Waals surface area contributed by atoms with Crippen LogP contribution >= 0.6 is 0 Å². The van der Waals surface area contributed by atoms with Crippen LogP contribution in [0.5, 0.6) is 0 Å². The summed E-state index contributed by atoms with van der Waals surface area (Å²) >= 11 is 0. The highest BCUT2D eigenvalue weighted by atomic mass is 14.9. The smallest absolute Gasteiger partial charge is 0.0457 e. The van der Waals surface area contributed by atoms with Crippen LogP contribution in [-0.2, 0) is 6.54 Å². The van der Waals surface area contributed by atoms with Gasteiger partial charge in [-0.15, -0.1) is 0 Å². The van der Waals surface area contributed by atoms with E-state index in [2.05, 4.69) is 52.5 Å². The highest BCUT2D eigenvalue weighted by Gasteiger charge is 2.04. The molecule has 0 amide bonds. The van der Waals surface area contributed by atoms with Crippen molar-refractivity contribution in [2.75, 3.05) is 0 Å². The van der Waals surface area contributed by atoms with Crippen molar-refractivity contribution >= 4 is 10.9 Å². The van der Waals surface area contributed by atoms with Crippen molar-refractivity contribution in [2.45, 2.75) is 19.5 Å². The molecule has 1 aromatic carbocycles. The van der Waals surface area contributed by atoms with E-state index in [0.717, 1.165) is 6.54 Å². The first-order valence-electron chi connectivity index (χ1n) is 6.52. The normalized spacial score (nSPS) is 12.7. The fraction of sp³-hybridized carbons (Fsp3) is 0.188. The third-order valence-electron chi connectivity index (χ3n) is 3.42. The standard InChI is InChI=1S/C16H17N3/c1-12(15-3-2-7-17-11-15)19-10-13-4-5-14-6-8-18-16(14)9-13/h2-9,11-12,18-19H,10H2,1H3/t12-/m0/s1. The molecular weight excluding hydrogens is 234 g/mol. The van der Waals surface area contributed by atoms with E-state index in [0.29, 0.717) is 6.04 Å². The van der Waals surface area contributed by atoms with E-state index in [9.17, 15) is 0 Å². The number of nitrogens with one attached hydrogen (secondary N) is 2. The van der Waals surface area contributed by atoms with Gasteiger partial charge in [-0.05, 0) is 41.6 Å². The summed E-state index contributed by atoms with van der Waals surface area (Å²) in [6, 6.07) is 13.0. The average molecular weight is 251 g/mol. The molecule has 0 radical (unpaired) electrons. The lowest BCUT2D eigenvalue weighted by Crippen LogP contribution is -2.18. The molecule has 2 N–H and O–H groups in total. The first-order chi connectivity index (χ1) is 9.33. The molecule has 0 bridgehead atoms. The molecule has 1 atom stereocenters. The lowest BCUT2D eigenvalue weighted by Gasteiger charge is -2.13. The van der Waals surface area contributed by atoms with Gasteiger partial charge < -0.3 is 10.3 Å². The fourth-order valence-electron chi connectivity index (χ4n) is 2.23. The van der Waals surface area contributed by atoms with E-state index < -0.39 is 0 Å². The lowest BCUT2D eigenvalue weighted by atomic mass is 10.1. The molecule has 0 aliphatic rings. The molecule has 0 unspecified atom stereocenters. The Labute approximate surface area is 112 Å². The van der Waals surface area contributed by atoms with Gasteiger partial charge >= 0.3 is 0 Å². The summed E-state index contributed by atoms with van der Waals surface area (Å²) in [5.74, 6) is 0. The number of aromatic amines is 1. The second-order valence-corrected chi connectivity index (χ2v) is 4.79. The number of aromatic nitrogens is 2. The minimum absolute atomic E-state index is 0.299. The van der Waals surface area contributed by atoms with Crippen molar-refractivity contribution in [1.29, 1.82) is 0 Å². The molecule has 0 saturated carbocycles. The van der Waals surface area contributed by atoms with Gasteiger partial charge in [0.25, 0.3) is 0 Å². The molecule has 0 saturated heterocycles. The highest BCUT2D eigenvalue weighted by molar-refractivity contribution is 5.79. The molecule has 3 rings (SSSR count). The van der Waals surface area contributed by atoms with Gasteiger partial charge in [0.05, 0.1) is 0 Å². The van der Waals surface area contributed by atoms with Crippen molar-refractivity contribution in [3.05, 3.63) is 66.1 Å². The Balaban J connectivity index is 1.68. The van der Waals surface area contributed by atoms with Crippen molar-refractivity contribution in [2.24, 2.45) is 0 Å². The SMILES string of the molecule is C[C@H](NCc1ccc2cc[nH]c2c1)c1cccnc1. The summed E-state index contributed by atoms with van der Waals surface area (Å²) in [7, 11) is 0. The zero-order chi connectivity index (χ0) is 13.1. The summed E-state index contributed by atoms with van der Waals surface area (Å²) in [5.41, 5.74) is 3.68. The molecule has 19 heavy (non-hydrogen) atoms. The average Bonchev–Trinajstić information content (AvgIpc) is 2.93. The predicted octanol–water partition coefficient (Wildman–Crippen LogP) is 3.41. The first kappa shape index (κ1) is 11.9. The van der Waals surface area contributed by atoms with E-state index in [4.69, 9.17) is 0 Å². The second kappa shape index (κ2) is 5.24. The zero-order valence-corrected chi connectivity index (χ0v) is 10.9. The van der Waals surface area contributed by atoms with Gasteiger partial charge in [0.2, 0.25) is 0 Å². The molecular formula is C16H17N3. The number of rotatable bonds is 4. The maximum absolute atomic E-state index is 4.15. The van der Waals surface area contributed by atoms with Crippen LogP contribution in [0.1, 0.15) is 24.1 Å². The Morgan fingerprint density at radius 1 is 1.26 bits per heavy atom. The minimum atomic E-state index is 0.299. The molecule has 3 aromatic rings. The molecule has 0 spiro atoms. The number of pyridine rings is 1. The number of benzene rings is 1. The zero-order valence-electron chi connectivity index (χ0n) is 10.9. The van der Waals surface area contributed by atoms with Crippen LogP contribution < -0.4 is 5.32 Å². The molecule has 2 heterocycles. The molecule has 2 aromatic heterocycles. The third kappa shape index (κ3) is 2.66. The highest BCUT2D eigenvalue weighted by Crippen LogP contribution is 2.15. The Hall–Kier alpha value is -2.13. The van der Waals surface area contributed by atoms with Gasteiger partial charge in [0.15, 0.2) is 0 Å². The molecule has 3 heteroatoms. The topological polar surface area (TPSA) is 40.7 Å². The van der Waals surface area contributed by atoms with Crippen LogP contribution in [0.25, 0.3) is 10.9 Å². The van der Waals surface area contributed by atoms with Crippen LogP contribution in [0, 0.1) is 0 Å². The summed E-state index contributed by atoms with van der Waals surface area (Å²) in [6.45, 7) is 3.01. The van der Waals surface area contributed by atoms with Gasteiger partial charge in [0.1, 0.15) is 0 Å². The largest absolute Gasteiger partial charge is 0.361 e. The molecule has 0 aliphatic carbocycles. The fourth-order valence-corrected chi connectivity index (χ4v) is 2.23. The van der Waals surface area contributed by atoms with Gasteiger partial charge in [-0.25, -0.2) is 0 Å². The van der Waals surface area contributed by atoms with Crippen molar-refractivity contribution in [3.63, 3.8) is 0 Å². The Kier molecular flexibility index (Phi) is 3.29. The predicted molar refractivity (Wildman–Crippen MR) is 77.8 cm³/mol. The first-order valence-corrected chi connectivity index (χ1v) is 6.52. The van der Waals surface area contributed by atoms with E-state index in [1.54, 1.807) is 6.20 Å². The summed E-state index contributed by atoms with van der Waals surface area (Å²) in [6.07, 6.45) is 5.68. The lowest BCUT2D eigenvalue weighted by molar-refractivity contribution is 0.573. The molecule has 0 aliphatic heterocycles. The number of hydrogen-bond donors (Lipinski definition) is 2. The number of H-pyrrole nitrogens is 1. The second-order valence-electron chi connectivity index (χ2n) is 4.79. The van der Waals surface area contributed by atoms with E-state index in [-0.39, 0.29) is 0 Å². The number of nitrogens with zero attached hydrogens (tertiary/aromatic N) is 1.